The summed E-state index contributed by atoms with van der Waals surface area (Å²) in [5.74, 6) is 0.839. The van der Waals surface area contributed by atoms with Crippen LogP contribution in [0.25, 0.3) is 0 Å². The average molecular weight is 365 g/mol. The molecule has 2 aliphatic rings. The van der Waals surface area contributed by atoms with Crippen molar-refractivity contribution in [3.63, 3.8) is 0 Å². The molecule has 4 nitrogen and oxygen atoms in total. The Morgan fingerprint density at radius 3 is 2.59 bits per heavy atom. The zero-order chi connectivity index (χ0) is 18.9. The van der Waals surface area contributed by atoms with Gasteiger partial charge in [-0.2, -0.15) is 0 Å². The predicted octanol–water partition coefficient (Wildman–Crippen LogP) is 4.20. The lowest BCUT2D eigenvalue weighted by Gasteiger charge is -2.52. The van der Waals surface area contributed by atoms with Crippen LogP contribution in [0.1, 0.15) is 54.1 Å². The molecular weight excluding hydrogens is 338 g/mol. The van der Waals surface area contributed by atoms with Crippen molar-refractivity contribution in [3.8, 4) is 5.75 Å². The lowest BCUT2D eigenvalue weighted by molar-refractivity contribution is -0.115. The largest absolute Gasteiger partial charge is 0.496 e. The van der Waals surface area contributed by atoms with Gasteiger partial charge in [0.2, 0.25) is 0 Å². The van der Waals surface area contributed by atoms with Crippen LogP contribution in [0.2, 0.25) is 0 Å². The molecule has 1 aliphatic heterocycles. The Morgan fingerprint density at radius 1 is 1.07 bits per heavy atom. The summed E-state index contributed by atoms with van der Waals surface area (Å²) in [7, 11) is 1.66. The minimum atomic E-state index is -0.697. The zero-order valence-electron chi connectivity index (χ0n) is 15.8. The first kappa shape index (κ1) is 18.1. The Bertz CT molecular complexity index is 806. The molecular formula is C23H27NO3. The number of methoxy groups -OCH3 is 1. The minimum absolute atomic E-state index is 0.0270. The number of carbonyl (C=O) groups is 1. The van der Waals surface area contributed by atoms with Crippen molar-refractivity contribution in [1.29, 1.82) is 0 Å². The Kier molecular flexibility index (Phi) is 4.92. The van der Waals surface area contributed by atoms with E-state index >= 15 is 0 Å². The SMILES string of the molecule is COc1ccccc1[C@H]1[C@@H]2CCCC[C@]2(O)CCN1C(=O)c1ccccc1. The van der Waals surface area contributed by atoms with Crippen molar-refractivity contribution >= 4 is 5.91 Å². The van der Waals surface area contributed by atoms with Crippen LogP contribution in [0.3, 0.4) is 0 Å². The highest BCUT2D eigenvalue weighted by atomic mass is 16.5. The third-order valence-electron chi connectivity index (χ3n) is 6.31. The number of benzene rings is 2. The molecule has 2 aromatic rings. The third kappa shape index (κ3) is 3.23. The molecule has 0 unspecified atom stereocenters. The van der Waals surface area contributed by atoms with Crippen LogP contribution >= 0.6 is 0 Å². The lowest BCUT2D eigenvalue weighted by Crippen LogP contribution is -2.56. The second kappa shape index (κ2) is 7.35. The fourth-order valence-electron chi connectivity index (χ4n) is 4.95. The fraction of sp³-hybridized carbons (Fsp3) is 0.435. The molecule has 0 aromatic heterocycles. The summed E-state index contributed by atoms with van der Waals surface area (Å²) < 4.78 is 5.63. The number of carbonyl (C=O) groups excluding carboxylic acids is 1. The lowest BCUT2D eigenvalue weighted by atomic mass is 9.66. The molecule has 4 rings (SSSR count). The van der Waals surface area contributed by atoms with Crippen molar-refractivity contribution in [2.24, 2.45) is 5.92 Å². The van der Waals surface area contributed by atoms with Crippen molar-refractivity contribution < 1.29 is 14.6 Å². The van der Waals surface area contributed by atoms with E-state index in [0.717, 1.165) is 37.0 Å². The van der Waals surface area contributed by atoms with Crippen LogP contribution in [-0.2, 0) is 0 Å². The van der Waals surface area contributed by atoms with E-state index in [9.17, 15) is 9.90 Å². The van der Waals surface area contributed by atoms with E-state index in [-0.39, 0.29) is 17.9 Å². The second-order valence-corrected chi connectivity index (χ2v) is 7.76. The number of rotatable bonds is 3. The number of hydrogen-bond acceptors (Lipinski definition) is 3. The van der Waals surface area contributed by atoms with Gasteiger partial charge in [-0.15, -0.1) is 0 Å². The molecule has 4 heteroatoms. The number of hydrogen-bond donors (Lipinski definition) is 1. The van der Waals surface area contributed by atoms with Crippen LogP contribution < -0.4 is 4.74 Å². The van der Waals surface area contributed by atoms with E-state index in [2.05, 4.69) is 0 Å². The summed E-state index contributed by atoms with van der Waals surface area (Å²) >= 11 is 0. The number of para-hydroxylation sites is 1. The van der Waals surface area contributed by atoms with Gasteiger partial charge in [-0.05, 0) is 37.5 Å². The number of fused-ring (bicyclic) bond motifs is 1. The molecule has 3 atom stereocenters. The molecule has 0 bridgehead atoms. The summed E-state index contributed by atoms with van der Waals surface area (Å²) in [4.78, 5) is 15.3. The minimum Gasteiger partial charge on any atom is -0.496 e. The summed E-state index contributed by atoms with van der Waals surface area (Å²) in [6.45, 7) is 0.559. The first-order valence-electron chi connectivity index (χ1n) is 9.85. The molecule has 0 radical (unpaired) electrons. The molecule has 2 aromatic carbocycles. The smallest absolute Gasteiger partial charge is 0.254 e. The van der Waals surface area contributed by atoms with Crippen LogP contribution in [0.15, 0.2) is 54.6 Å². The van der Waals surface area contributed by atoms with Gasteiger partial charge in [0.1, 0.15) is 5.75 Å². The van der Waals surface area contributed by atoms with Gasteiger partial charge < -0.3 is 14.7 Å². The van der Waals surface area contributed by atoms with E-state index in [0.29, 0.717) is 18.5 Å². The maximum atomic E-state index is 13.4. The molecule has 1 saturated carbocycles. The highest BCUT2D eigenvalue weighted by Crippen LogP contribution is 2.51. The molecule has 2 fully saturated rings. The zero-order valence-corrected chi connectivity index (χ0v) is 15.8. The highest BCUT2D eigenvalue weighted by Gasteiger charge is 2.50. The van der Waals surface area contributed by atoms with Gasteiger partial charge in [0.15, 0.2) is 0 Å². The van der Waals surface area contributed by atoms with Crippen LogP contribution in [0, 0.1) is 5.92 Å². The number of ether oxygens (including phenoxy) is 1. The molecule has 27 heavy (non-hydrogen) atoms. The normalized spacial score (nSPS) is 27.7. The number of likely N-dealkylation sites (tertiary alicyclic amines) is 1. The Labute approximate surface area is 160 Å². The molecule has 1 N–H and O–H groups in total. The average Bonchev–Trinajstić information content (AvgIpc) is 2.72. The molecule has 1 heterocycles. The van der Waals surface area contributed by atoms with Crippen molar-refractivity contribution in [1.82, 2.24) is 4.90 Å². The van der Waals surface area contributed by atoms with Gasteiger partial charge in [-0.1, -0.05) is 49.2 Å². The topological polar surface area (TPSA) is 49.8 Å². The summed E-state index contributed by atoms with van der Waals surface area (Å²) in [5, 5.41) is 11.4. The van der Waals surface area contributed by atoms with Gasteiger partial charge in [-0.3, -0.25) is 4.79 Å². The Balaban J connectivity index is 1.79. The first-order chi connectivity index (χ1) is 13.1. The Hall–Kier alpha value is -2.33. The van der Waals surface area contributed by atoms with E-state index in [1.165, 1.54) is 0 Å². The van der Waals surface area contributed by atoms with Gasteiger partial charge in [-0.25, -0.2) is 0 Å². The fourth-order valence-corrected chi connectivity index (χ4v) is 4.95. The van der Waals surface area contributed by atoms with E-state index < -0.39 is 5.60 Å². The molecule has 0 spiro atoms. The number of piperidine rings is 1. The van der Waals surface area contributed by atoms with Gasteiger partial charge in [0.25, 0.3) is 5.91 Å². The molecule has 1 aliphatic carbocycles. The summed E-state index contributed by atoms with van der Waals surface area (Å²) in [6.07, 6.45) is 4.53. The van der Waals surface area contributed by atoms with Gasteiger partial charge in [0.05, 0.1) is 18.8 Å². The highest BCUT2D eigenvalue weighted by molar-refractivity contribution is 5.94. The maximum absolute atomic E-state index is 13.4. The van der Waals surface area contributed by atoms with Gasteiger partial charge >= 0.3 is 0 Å². The van der Waals surface area contributed by atoms with E-state index in [1.807, 2.05) is 59.5 Å². The quantitative estimate of drug-likeness (QED) is 0.887. The second-order valence-electron chi connectivity index (χ2n) is 7.76. The van der Waals surface area contributed by atoms with Crippen LogP contribution in [0.5, 0.6) is 5.75 Å². The van der Waals surface area contributed by atoms with Crippen molar-refractivity contribution in [2.75, 3.05) is 13.7 Å². The van der Waals surface area contributed by atoms with Crippen LogP contribution in [-0.4, -0.2) is 35.2 Å². The van der Waals surface area contributed by atoms with Crippen molar-refractivity contribution in [2.45, 2.75) is 43.7 Å². The summed E-state index contributed by atoms with van der Waals surface area (Å²) in [5.41, 5.74) is 0.991. The maximum Gasteiger partial charge on any atom is 0.254 e. The first-order valence-corrected chi connectivity index (χ1v) is 9.85. The monoisotopic (exact) mass is 365 g/mol. The van der Waals surface area contributed by atoms with Gasteiger partial charge in [0, 0.05) is 23.6 Å². The number of nitrogens with zero attached hydrogens (tertiary/aromatic N) is 1. The predicted molar refractivity (Wildman–Crippen MR) is 105 cm³/mol. The number of aliphatic hydroxyl groups is 1. The third-order valence-corrected chi connectivity index (χ3v) is 6.31. The summed E-state index contributed by atoms with van der Waals surface area (Å²) in [6, 6.07) is 17.2. The molecule has 142 valence electrons. The van der Waals surface area contributed by atoms with E-state index in [4.69, 9.17) is 4.74 Å². The van der Waals surface area contributed by atoms with E-state index in [1.54, 1.807) is 7.11 Å². The molecule has 1 saturated heterocycles. The number of amides is 1. The Morgan fingerprint density at radius 2 is 1.81 bits per heavy atom. The van der Waals surface area contributed by atoms with Crippen molar-refractivity contribution in [3.05, 3.63) is 65.7 Å². The standard InChI is InChI=1S/C23H27NO3/c1-27-20-13-6-5-11-18(20)21-19-12-7-8-14-23(19,26)15-16-24(21)22(25)17-9-3-2-4-10-17/h2-6,9-11,13,19,21,26H,7-8,12,14-16H2,1H3/t19-,21-,23-/m0/s1. The molecule has 1 amide bonds. The van der Waals surface area contributed by atoms with Crippen LogP contribution in [0.4, 0.5) is 0 Å².